The van der Waals surface area contributed by atoms with E-state index in [1.807, 2.05) is 16.9 Å². The second-order valence-corrected chi connectivity index (χ2v) is 7.41. The van der Waals surface area contributed by atoms with Gasteiger partial charge in [0.25, 0.3) is 0 Å². The number of rotatable bonds is 3. The summed E-state index contributed by atoms with van der Waals surface area (Å²) in [5.41, 5.74) is 1.75. The Hall–Kier alpha value is -0.620. The highest BCUT2D eigenvalue weighted by molar-refractivity contribution is 9.10. The topological polar surface area (TPSA) is 47.3 Å². The molecule has 0 bridgehead atoms. The maximum atomic E-state index is 10.5. The lowest BCUT2D eigenvalue weighted by Crippen LogP contribution is -2.19. The zero-order valence-electron chi connectivity index (χ0n) is 12.1. The summed E-state index contributed by atoms with van der Waals surface area (Å²) in [6.45, 7) is 0.777. The molecule has 1 saturated heterocycles. The van der Waals surface area contributed by atoms with E-state index in [9.17, 15) is 5.11 Å². The number of aromatic nitrogens is 2. The van der Waals surface area contributed by atoms with Gasteiger partial charge in [0.2, 0.25) is 0 Å². The van der Waals surface area contributed by atoms with E-state index in [4.69, 9.17) is 16.3 Å². The normalized spacial score (nSPS) is 23.9. The Kier molecular flexibility index (Phi) is 3.93. The Morgan fingerprint density at radius 2 is 2.18 bits per heavy atom. The summed E-state index contributed by atoms with van der Waals surface area (Å²) in [7, 11) is 0. The lowest BCUT2D eigenvalue weighted by atomic mass is 10.0. The second-order valence-electron chi connectivity index (χ2n) is 6.21. The Labute approximate surface area is 142 Å². The monoisotopic (exact) mass is 384 g/mol. The number of ether oxygens (including phenoxy) is 1. The second kappa shape index (κ2) is 5.78. The molecule has 0 spiro atoms. The highest BCUT2D eigenvalue weighted by Gasteiger charge is 2.34. The molecule has 22 heavy (non-hydrogen) atoms. The van der Waals surface area contributed by atoms with Crippen molar-refractivity contribution in [2.45, 2.75) is 44.4 Å². The zero-order chi connectivity index (χ0) is 15.3. The average molecular weight is 386 g/mol. The van der Waals surface area contributed by atoms with Gasteiger partial charge in [0, 0.05) is 27.1 Å². The van der Waals surface area contributed by atoms with E-state index in [1.54, 1.807) is 0 Å². The van der Waals surface area contributed by atoms with Crippen LogP contribution in [0.1, 0.15) is 50.0 Å². The summed E-state index contributed by atoms with van der Waals surface area (Å²) in [6.07, 6.45) is 6.68. The van der Waals surface area contributed by atoms with Crippen LogP contribution in [0, 0.1) is 5.92 Å². The molecule has 2 heterocycles. The Balaban J connectivity index is 1.80. The van der Waals surface area contributed by atoms with E-state index in [-0.39, 0.29) is 6.23 Å². The van der Waals surface area contributed by atoms with E-state index in [0.29, 0.717) is 10.9 Å². The molecule has 0 amide bonds. The molecule has 1 aromatic heterocycles. The molecular weight excluding hydrogens is 368 g/mol. The molecule has 1 N–H and O–H groups in total. The maximum Gasteiger partial charge on any atom is 0.150 e. The Morgan fingerprint density at radius 1 is 1.36 bits per heavy atom. The van der Waals surface area contributed by atoms with Gasteiger partial charge in [0.05, 0.1) is 17.8 Å². The number of hydrogen-bond acceptors (Lipinski definition) is 3. The van der Waals surface area contributed by atoms with Crippen molar-refractivity contribution < 1.29 is 9.84 Å². The minimum absolute atomic E-state index is 0.0200. The molecule has 6 heteroatoms. The Bertz CT molecular complexity index is 708. The predicted octanol–water partition coefficient (Wildman–Crippen LogP) is 4.59. The summed E-state index contributed by atoms with van der Waals surface area (Å²) < 4.78 is 8.60. The molecule has 2 aromatic rings. The van der Waals surface area contributed by atoms with Gasteiger partial charge >= 0.3 is 0 Å². The lowest BCUT2D eigenvalue weighted by Gasteiger charge is -2.24. The number of aliphatic hydroxyl groups excluding tert-OH is 1. The van der Waals surface area contributed by atoms with Gasteiger partial charge in [-0.3, -0.25) is 0 Å². The van der Waals surface area contributed by atoms with Crippen LogP contribution in [0.4, 0.5) is 0 Å². The molecule has 1 saturated carbocycles. The third-order valence-electron chi connectivity index (χ3n) is 4.62. The first-order chi connectivity index (χ1) is 10.7. The number of nitrogens with zero attached hydrogens (tertiary/aromatic N) is 2. The zero-order valence-corrected chi connectivity index (χ0v) is 14.5. The minimum Gasteiger partial charge on any atom is -0.388 e. The minimum atomic E-state index is -0.499. The third kappa shape index (κ3) is 2.48. The van der Waals surface area contributed by atoms with Crippen LogP contribution in [0.5, 0.6) is 0 Å². The van der Waals surface area contributed by atoms with Crippen molar-refractivity contribution in [1.29, 1.82) is 0 Å². The molecule has 118 valence electrons. The van der Waals surface area contributed by atoms with Gasteiger partial charge in [-0.2, -0.15) is 5.10 Å². The van der Waals surface area contributed by atoms with E-state index in [2.05, 4.69) is 21.0 Å². The summed E-state index contributed by atoms with van der Waals surface area (Å²) in [4.78, 5) is 0. The highest BCUT2D eigenvalue weighted by atomic mass is 79.9. The van der Waals surface area contributed by atoms with Crippen LogP contribution in [-0.2, 0) is 4.74 Å². The number of aliphatic hydroxyl groups is 1. The van der Waals surface area contributed by atoms with Gasteiger partial charge in [0.1, 0.15) is 0 Å². The van der Waals surface area contributed by atoms with Gasteiger partial charge in [-0.05, 0) is 60.0 Å². The van der Waals surface area contributed by atoms with Crippen molar-refractivity contribution in [3.8, 4) is 0 Å². The summed E-state index contributed by atoms with van der Waals surface area (Å²) >= 11 is 10.1. The van der Waals surface area contributed by atoms with Crippen LogP contribution in [0.2, 0.25) is 5.02 Å². The first-order valence-corrected chi connectivity index (χ1v) is 8.98. The molecular formula is C16H18BrClN2O2. The summed E-state index contributed by atoms with van der Waals surface area (Å²) in [5, 5.41) is 16.5. The number of fused-ring (bicyclic) bond motifs is 1. The van der Waals surface area contributed by atoms with Gasteiger partial charge in [-0.25, -0.2) is 4.68 Å². The highest BCUT2D eigenvalue weighted by Crippen LogP contribution is 2.47. The fraction of sp³-hybridized carbons (Fsp3) is 0.562. The fourth-order valence-electron chi connectivity index (χ4n) is 3.20. The number of benzene rings is 1. The maximum absolute atomic E-state index is 10.5. The summed E-state index contributed by atoms with van der Waals surface area (Å²) in [5.74, 6) is 0.336. The average Bonchev–Trinajstić information content (AvgIpc) is 3.28. The number of hydrogen-bond donors (Lipinski definition) is 1. The van der Waals surface area contributed by atoms with Crippen LogP contribution >= 0.6 is 27.5 Å². The molecule has 2 unspecified atom stereocenters. The molecule has 4 rings (SSSR count). The third-order valence-corrected chi connectivity index (χ3v) is 5.79. The lowest BCUT2D eigenvalue weighted by molar-refractivity contribution is -0.0366. The van der Waals surface area contributed by atoms with Crippen LogP contribution in [0.15, 0.2) is 16.7 Å². The molecule has 2 atom stereocenters. The van der Waals surface area contributed by atoms with E-state index in [0.717, 1.165) is 59.7 Å². The number of halogens is 2. The first-order valence-electron chi connectivity index (χ1n) is 7.81. The molecule has 2 aliphatic rings. The van der Waals surface area contributed by atoms with Gasteiger partial charge < -0.3 is 9.84 Å². The van der Waals surface area contributed by atoms with Crippen molar-refractivity contribution in [2.75, 3.05) is 6.61 Å². The van der Waals surface area contributed by atoms with E-state index < -0.39 is 6.10 Å². The van der Waals surface area contributed by atoms with Gasteiger partial charge in [0.15, 0.2) is 6.23 Å². The van der Waals surface area contributed by atoms with Crippen molar-refractivity contribution in [2.24, 2.45) is 5.92 Å². The summed E-state index contributed by atoms with van der Waals surface area (Å²) in [6, 6.07) is 1.91. The predicted molar refractivity (Wildman–Crippen MR) is 89.0 cm³/mol. The van der Waals surface area contributed by atoms with Crippen LogP contribution in [-0.4, -0.2) is 21.5 Å². The smallest absolute Gasteiger partial charge is 0.150 e. The van der Waals surface area contributed by atoms with Crippen molar-refractivity contribution in [3.63, 3.8) is 0 Å². The van der Waals surface area contributed by atoms with Crippen LogP contribution < -0.4 is 0 Å². The molecule has 1 aliphatic heterocycles. The van der Waals surface area contributed by atoms with Crippen molar-refractivity contribution in [1.82, 2.24) is 9.78 Å². The molecule has 2 fully saturated rings. The molecule has 4 nitrogen and oxygen atoms in total. The standard InChI is InChI=1S/C16H18BrClN2O2/c17-15-10-8-19-20(13-3-1-2-6-22-13)12(10)7-11(18)14(15)16(21)9-4-5-9/h7-9,13,16,21H,1-6H2. The Morgan fingerprint density at radius 3 is 2.86 bits per heavy atom. The van der Waals surface area contributed by atoms with Crippen LogP contribution in [0.25, 0.3) is 10.9 Å². The van der Waals surface area contributed by atoms with Crippen LogP contribution in [0.3, 0.4) is 0 Å². The molecule has 1 aliphatic carbocycles. The SMILES string of the molecule is OC(c1c(Cl)cc2c(cnn2C2CCCCO2)c1Br)C1CC1. The molecule has 1 aromatic carbocycles. The van der Waals surface area contributed by atoms with E-state index >= 15 is 0 Å². The fourth-order valence-corrected chi connectivity index (χ4v) is 4.37. The van der Waals surface area contributed by atoms with Gasteiger partial charge in [-0.15, -0.1) is 0 Å². The largest absolute Gasteiger partial charge is 0.388 e. The quantitative estimate of drug-likeness (QED) is 0.840. The van der Waals surface area contributed by atoms with Gasteiger partial charge in [-0.1, -0.05) is 11.6 Å². The first kappa shape index (κ1) is 14.9. The van der Waals surface area contributed by atoms with Crippen molar-refractivity contribution in [3.05, 3.63) is 27.3 Å². The van der Waals surface area contributed by atoms with E-state index in [1.165, 1.54) is 0 Å². The van der Waals surface area contributed by atoms with Crippen molar-refractivity contribution >= 4 is 38.4 Å². The molecule has 0 radical (unpaired) electrons.